The number of methoxy groups -OCH3 is 1. The van der Waals surface area contributed by atoms with Crippen molar-refractivity contribution in [1.82, 2.24) is 15.2 Å². The van der Waals surface area contributed by atoms with Crippen molar-refractivity contribution in [3.8, 4) is 5.75 Å². The highest BCUT2D eigenvalue weighted by Gasteiger charge is 2.24. The minimum absolute atomic E-state index is 0.0417. The summed E-state index contributed by atoms with van der Waals surface area (Å²) in [6, 6.07) is 7.63. The van der Waals surface area contributed by atoms with Gasteiger partial charge in [0.2, 0.25) is 0 Å². The van der Waals surface area contributed by atoms with Gasteiger partial charge in [-0.1, -0.05) is 24.3 Å². The Kier molecular flexibility index (Phi) is 7.81. The van der Waals surface area contributed by atoms with E-state index in [0.717, 1.165) is 66.9 Å². The molecule has 188 valence electrons. The Labute approximate surface area is 212 Å². The third-order valence-corrected chi connectivity index (χ3v) is 6.83. The molecule has 3 heterocycles. The minimum Gasteiger partial charge on any atom is -0.497 e. The molecule has 2 atom stereocenters. The molecule has 0 amide bonds. The van der Waals surface area contributed by atoms with Gasteiger partial charge >= 0.3 is 0 Å². The Morgan fingerprint density at radius 2 is 2.17 bits per heavy atom. The molecule has 0 radical (unpaired) electrons. The molecule has 36 heavy (non-hydrogen) atoms. The number of aromatic nitrogens is 1. The molecule has 7 nitrogen and oxygen atoms in total. The summed E-state index contributed by atoms with van der Waals surface area (Å²) in [5.74, 6) is 1.53. The average Bonchev–Trinajstić information content (AvgIpc) is 2.94. The van der Waals surface area contributed by atoms with Crippen LogP contribution in [-0.4, -0.2) is 54.3 Å². The van der Waals surface area contributed by atoms with Crippen molar-refractivity contribution < 1.29 is 19.3 Å². The molecule has 1 aliphatic carbocycles. The van der Waals surface area contributed by atoms with Crippen molar-refractivity contribution in [3.05, 3.63) is 96.0 Å². The van der Waals surface area contributed by atoms with Gasteiger partial charge in [-0.25, -0.2) is 0 Å². The summed E-state index contributed by atoms with van der Waals surface area (Å²) in [5, 5.41) is 15.8. The maximum Gasteiger partial charge on any atom is 0.159 e. The zero-order chi connectivity index (χ0) is 24.7. The van der Waals surface area contributed by atoms with Gasteiger partial charge in [0.05, 0.1) is 24.8 Å². The Morgan fingerprint density at radius 3 is 2.97 bits per heavy atom. The first-order valence-corrected chi connectivity index (χ1v) is 12.5. The van der Waals surface area contributed by atoms with Crippen LogP contribution in [0, 0.1) is 0 Å². The van der Waals surface area contributed by atoms with E-state index in [1.54, 1.807) is 25.8 Å². The standard InChI is InChI=1S/C29H33N3O4/c1-34-23-9-10-26-25(16-23)24(11-12-30-26)27(33)19-32-13-5-6-21(18-32)17-31-29(22-7-3-2-4-8-22)28-20-35-14-15-36-28/h2-3,6-7,9-12,14-16,20,27,29,31,33H,4-5,8,13,17-19H2,1H3. The first kappa shape index (κ1) is 24.3. The number of ether oxygens (including phenoxy) is 3. The molecule has 0 saturated heterocycles. The van der Waals surface area contributed by atoms with Crippen LogP contribution in [0.3, 0.4) is 0 Å². The largest absolute Gasteiger partial charge is 0.497 e. The van der Waals surface area contributed by atoms with E-state index in [-0.39, 0.29) is 6.04 Å². The van der Waals surface area contributed by atoms with Crippen LogP contribution < -0.4 is 10.1 Å². The van der Waals surface area contributed by atoms with Crippen LogP contribution in [0.2, 0.25) is 0 Å². The molecule has 2 aliphatic heterocycles. The quantitative estimate of drug-likeness (QED) is 0.504. The van der Waals surface area contributed by atoms with Gasteiger partial charge in [0, 0.05) is 37.8 Å². The molecule has 0 saturated carbocycles. The third-order valence-electron chi connectivity index (χ3n) is 6.83. The molecule has 2 aromatic rings. The monoisotopic (exact) mass is 487 g/mol. The van der Waals surface area contributed by atoms with Crippen molar-refractivity contribution in [2.45, 2.75) is 31.4 Å². The number of benzene rings is 1. The molecule has 0 fully saturated rings. The zero-order valence-corrected chi connectivity index (χ0v) is 20.6. The Bertz CT molecular complexity index is 1230. The van der Waals surface area contributed by atoms with E-state index in [2.05, 4.69) is 39.5 Å². The van der Waals surface area contributed by atoms with Gasteiger partial charge in [0.25, 0.3) is 0 Å². The predicted molar refractivity (Wildman–Crippen MR) is 140 cm³/mol. The number of rotatable bonds is 9. The molecule has 0 spiro atoms. The van der Waals surface area contributed by atoms with Crippen LogP contribution in [-0.2, 0) is 9.47 Å². The van der Waals surface area contributed by atoms with Crippen molar-refractivity contribution in [1.29, 1.82) is 0 Å². The number of aliphatic hydroxyl groups excluding tert-OH is 1. The average molecular weight is 488 g/mol. The van der Waals surface area contributed by atoms with E-state index in [4.69, 9.17) is 14.2 Å². The number of pyridine rings is 1. The summed E-state index contributed by atoms with van der Waals surface area (Å²) in [6.45, 7) is 3.01. The first-order valence-electron chi connectivity index (χ1n) is 12.5. The highest BCUT2D eigenvalue weighted by atomic mass is 16.5. The van der Waals surface area contributed by atoms with E-state index in [0.29, 0.717) is 6.54 Å². The summed E-state index contributed by atoms with van der Waals surface area (Å²) < 4.78 is 16.5. The maximum atomic E-state index is 11.2. The van der Waals surface area contributed by atoms with Gasteiger partial charge in [0.1, 0.15) is 24.5 Å². The summed E-state index contributed by atoms with van der Waals surface area (Å²) in [4.78, 5) is 6.76. The molecular weight excluding hydrogens is 454 g/mol. The molecule has 3 aliphatic rings. The minimum atomic E-state index is -0.619. The maximum absolute atomic E-state index is 11.2. The lowest BCUT2D eigenvalue weighted by Gasteiger charge is -2.31. The summed E-state index contributed by atoms with van der Waals surface area (Å²) in [5.41, 5.74) is 4.32. The highest BCUT2D eigenvalue weighted by molar-refractivity contribution is 5.83. The number of β-amino-alcohol motifs (C(OH)–C–C–N with tert-alkyl or cyclic N) is 1. The van der Waals surface area contributed by atoms with Gasteiger partial charge in [-0.2, -0.15) is 0 Å². The molecule has 5 rings (SSSR count). The number of nitrogens with zero attached hydrogens (tertiary/aromatic N) is 2. The second-order valence-electron chi connectivity index (χ2n) is 9.25. The Morgan fingerprint density at radius 1 is 1.22 bits per heavy atom. The van der Waals surface area contributed by atoms with E-state index >= 15 is 0 Å². The number of nitrogens with one attached hydrogen (secondary N) is 1. The van der Waals surface area contributed by atoms with Gasteiger partial charge in [0.15, 0.2) is 5.76 Å². The molecular formula is C29H33N3O4. The van der Waals surface area contributed by atoms with Crippen LogP contribution in [0.5, 0.6) is 5.75 Å². The van der Waals surface area contributed by atoms with Crippen LogP contribution in [0.25, 0.3) is 10.9 Å². The van der Waals surface area contributed by atoms with E-state index in [1.165, 1.54) is 17.4 Å². The normalized spacial score (nSPS) is 19.6. The second kappa shape index (κ2) is 11.6. The molecule has 1 aromatic heterocycles. The lowest BCUT2D eigenvalue weighted by molar-refractivity contribution is 0.117. The molecule has 7 heteroatoms. The smallest absolute Gasteiger partial charge is 0.159 e. The van der Waals surface area contributed by atoms with Crippen molar-refractivity contribution in [2.75, 3.05) is 33.3 Å². The fourth-order valence-corrected chi connectivity index (χ4v) is 4.99. The second-order valence-corrected chi connectivity index (χ2v) is 9.25. The van der Waals surface area contributed by atoms with Crippen molar-refractivity contribution in [3.63, 3.8) is 0 Å². The first-order chi connectivity index (χ1) is 17.7. The topological polar surface area (TPSA) is 76.1 Å². The predicted octanol–water partition coefficient (Wildman–Crippen LogP) is 4.50. The fourth-order valence-electron chi connectivity index (χ4n) is 4.99. The van der Waals surface area contributed by atoms with Gasteiger partial charge < -0.3 is 19.3 Å². The highest BCUT2D eigenvalue weighted by Crippen LogP contribution is 2.28. The molecule has 2 unspecified atom stereocenters. The van der Waals surface area contributed by atoms with Gasteiger partial charge in [-0.15, -0.1) is 0 Å². The summed E-state index contributed by atoms with van der Waals surface area (Å²) >= 11 is 0. The number of fused-ring (bicyclic) bond motifs is 1. The number of hydrogen-bond acceptors (Lipinski definition) is 7. The fraction of sp³-hybridized carbons (Fsp3) is 0.345. The third kappa shape index (κ3) is 5.70. The van der Waals surface area contributed by atoms with E-state index < -0.39 is 6.10 Å². The van der Waals surface area contributed by atoms with Crippen LogP contribution in [0.1, 0.15) is 30.9 Å². The van der Waals surface area contributed by atoms with E-state index in [1.807, 2.05) is 24.3 Å². The molecule has 2 N–H and O–H groups in total. The summed E-state index contributed by atoms with van der Waals surface area (Å²) in [7, 11) is 1.65. The Balaban J connectivity index is 1.23. The van der Waals surface area contributed by atoms with Crippen LogP contribution in [0.4, 0.5) is 0 Å². The molecule has 0 bridgehead atoms. The number of aliphatic hydroxyl groups is 1. The Hall–Kier alpha value is -3.39. The zero-order valence-electron chi connectivity index (χ0n) is 20.6. The molecule has 1 aromatic carbocycles. The lowest BCUT2D eigenvalue weighted by Crippen LogP contribution is -2.40. The van der Waals surface area contributed by atoms with Crippen LogP contribution in [0.15, 0.2) is 90.5 Å². The lowest BCUT2D eigenvalue weighted by atomic mass is 9.96. The number of allylic oxidation sites excluding steroid dienone is 3. The van der Waals surface area contributed by atoms with Crippen LogP contribution >= 0.6 is 0 Å². The van der Waals surface area contributed by atoms with Crippen molar-refractivity contribution in [2.24, 2.45) is 0 Å². The van der Waals surface area contributed by atoms with Gasteiger partial charge in [-0.05, 0) is 60.2 Å². The van der Waals surface area contributed by atoms with E-state index in [9.17, 15) is 5.11 Å². The SMILES string of the molecule is COc1ccc2nccc(C(O)CN3CCC=C(CNC(C4=CC=CCC4)C4=COC=CO4)C3)c2c1. The number of hydrogen-bond donors (Lipinski definition) is 2. The summed E-state index contributed by atoms with van der Waals surface area (Å²) in [6.07, 6.45) is 17.6. The van der Waals surface area contributed by atoms with Crippen molar-refractivity contribution >= 4 is 10.9 Å². The van der Waals surface area contributed by atoms with Gasteiger partial charge in [-0.3, -0.25) is 15.2 Å².